The number of para-hydroxylation sites is 1. The fourth-order valence-corrected chi connectivity index (χ4v) is 9.94. The second-order valence-electron chi connectivity index (χ2n) is 14.4. The summed E-state index contributed by atoms with van der Waals surface area (Å²) in [5.41, 5.74) is 11.6. The van der Waals surface area contributed by atoms with Gasteiger partial charge in [-0.3, -0.25) is 0 Å². The van der Waals surface area contributed by atoms with Crippen molar-refractivity contribution in [2.75, 3.05) is 4.90 Å². The van der Waals surface area contributed by atoms with Crippen molar-refractivity contribution in [3.8, 4) is 22.3 Å². The van der Waals surface area contributed by atoms with E-state index in [9.17, 15) is 0 Å². The SMILES string of the molecule is c1ccc(-c2ccc(N(c3cccc(-c4cccc5c4sc4ccc6oc7ccccc7c6c45)c3)c3ccc4oc5ccc6ccccc6c5c4c3)cc2)cc1. The van der Waals surface area contributed by atoms with Gasteiger partial charge in [0.25, 0.3) is 0 Å². The van der Waals surface area contributed by atoms with Gasteiger partial charge in [0.05, 0.1) is 0 Å². The molecule has 9 aromatic carbocycles. The Labute approximate surface area is 325 Å². The third-order valence-corrected chi connectivity index (χ3v) is 12.5. The number of nitrogens with zero attached hydrogens (tertiary/aromatic N) is 1. The van der Waals surface area contributed by atoms with Crippen LogP contribution in [0.4, 0.5) is 17.1 Å². The van der Waals surface area contributed by atoms with E-state index >= 15 is 0 Å². The fraction of sp³-hybridized carbons (Fsp3) is 0. The molecule has 4 heteroatoms. The van der Waals surface area contributed by atoms with E-state index in [1.807, 2.05) is 17.4 Å². The maximum absolute atomic E-state index is 6.44. The zero-order chi connectivity index (χ0) is 36.7. The lowest BCUT2D eigenvalue weighted by molar-refractivity contribution is 0.669. The van der Waals surface area contributed by atoms with Crippen LogP contribution in [0.5, 0.6) is 0 Å². The van der Waals surface area contributed by atoms with Crippen molar-refractivity contribution in [2.45, 2.75) is 0 Å². The molecule has 0 saturated heterocycles. The number of benzene rings is 9. The average molecular weight is 734 g/mol. The largest absolute Gasteiger partial charge is 0.456 e. The summed E-state index contributed by atoms with van der Waals surface area (Å²) < 4.78 is 15.3. The predicted octanol–water partition coefficient (Wildman–Crippen LogP) is 15.8. The molecule has 3 aromatic heterocycles. The van der Waals surface area contributed by atoms with E-state index < -0.39 is 0 Å². The number of hydrogen-bond acceptors (Lipinski definition) is 4. The first-order chi connectivity index (χ1) is 27.7. The van der Waals surface area contributed by atoms with Crippen LogP contribution in [0.25, 0.3) is 97.1 Å². The van der Waals surface area contributed by atoms with Gasteiger partial charge in [-0.15, -0.1) is 11.3 Å². The zero-order valence-electron chi connectivity index (χ0n) is 30.1. The van der Waals surface area contributed by atoms with Gasteiger partial charge in [0.2, 0.25) is 0 Å². The molecule has 3 nitrogen and oxygen atoms in total. The van der Waals surface area contributed by atoms with E-state index in [2.05, 4.69) is 187 Å². The summed E-state index contributed by atoms with van der Waals surface area (Å²) in [6, 6.07) is 67.2. The Balaban J connectivity index is 1.05. The number of furan rings is 2. The lowest BCUT2D eigenvalue weighted by Gasteiger charge is -2.26. The molecule has 0 amide bonds. The van der Waals surface area contributed by atoms with Gasteiger partial charge < -0.3 is 13.7 Å². The lowest BCUT2D eigenvalue weighted by atomic mass is 9.99. The maximum atomic E-state index is 6.44. The quantitative estimate of drug-likeness (QED) is 0.176. The minimum Gasteiger partial charge on any atom is -0.456 e. The number of thiophene rings is 1. The molecule has 3 heterocycles. The third-order valence-electron chi connectivity index (χ3n) is 11.3. The highest BCUT2D eigenvalue weighted by molar-refractivity contribution is 7.26. The van der Waals surface area contributed by atoms with Crippen molar-refractivity contribution in [3.05, 3.63) is 188 Å². The average Bonchev–Trinajstić information content (AvgIpc) is 3.95. The van der Waals surface area contributed by atoms with Gasteiger partial charge in [0.15, 0.2) is 0 Å². The Hall–Kier alpha value is -7.14. The Morgan fingerprint density at radius 2 is 1.00 bits per heavy atom. The van der Waals surface area contributed by atoms with Crippen LogP contribution in [0.2, 0.25) is 0 Å². The van der Waals surface area contributed by atoms with Crippen molar-refractivity contribution in [3.63, 3.8) is 0 Å². The predicted molar refractivity (Wildman–Crippen MR) is 237 cm³/mol. The summed E-state index contributed by atoms with van der Waals surface area (Å²) in [6.45, 7) is 0. The van der Waals surface area contributed by atoms with Gasteiger partial charge in [0.1, 0.15) is 22.3 Å². The van der Waals surface area contributed by atoms with Crippen LogP contribution in [-0.4, -0.2) is 0 Å². The Bertz CT molecular complexity index is 3480. The van der Waals surface area contributed by atoms with Gasteiger partial charge >= 0.3 is 0 Å². The molecular formula is C52H31NO2S. The van der Waals surface area contributed by atoms with Crippen LogP contribution in [0, 0.1) is 0 Å². The van der Waals surface area contributed by atoms with Crippen molar-refractivity contribution >= 4 is 103 Å². The van der Waals surface area contributed by atoms with E-state index in [0.717, 1.165) is 55.6 Å². The molecule has 56 heavy (non-hydrogen) atoms. The van der Waals surface area contributed by atoms with Crippen LogP contribution in [0.1, 0.15) is 0 Å². The van der Waals surface area contributed by atoms with Gasteiger partial charge in [0, 0.05) is 58.8 Å². The molecule has 0 radical (unpaired) electrons. The van der Waals surface area contributed by atoms with Crippen molar-refractivity contribution in [1.82, 2.24) is 0 Å². The van der Waals surface area contributed by atoms with Gasteiger partial charge in [-0.05, 0) is 99.8 Å². The number of hydrogen-bond donors (Lipinski definition) is 0. The molecule has 0 N–H and O–H groups in total. The second-order valence-corrected chi connectivity index (χ2v) is 15.5. The summed E-state index contributed by atoms with van der Waals surface area (Å²) in [5.74, 6) is 0. The number of anilines is 3. The standard InChI is InChI=1S/C52H31NO2S/c1-2-10-32(11-3-1)33-20-23-36(24-21-33)53(38-25-27-45-43(31-38)49-39-15-5-4-12-34(39)22-26-46(49)55-45)37-14-8-13-35(30-37)40-17-9-18-42-51-48(56-52(40)42)29-28-47-50(51)41-16-6-7-19-44(41)54-47/h1-31H. The van der Waals surface area contributed by atoms with Crippen LogP contribution in [-0.2, 0) is 0 Å². The third kappa shape index (κ3) is 4.76. The Morgan fingerprint density at radius 1 is 0.357 bits per heavy atom. The maximum Gasteiger partial charge on any atom is 0.136 e. The molecular weight excluding hydrogens is 703 g/mol. The minimum absolute atomic E-state index is 0.879. The first-order valence-electron chi connectivity index (χ1n) is 18.9. The van der Waals surface area contributed by atoms with Gasteiger partial charge in [-0.25, -0.2) is 0 Å². The first-order valence-corrected chi connectivity index (χ1v) is 19.7. The summed E-state index contributed by atoms with van der Waals surface area (Å²) in [4.78, 5) is 2.37. The summed E-state index contributed by atoms with van der Waals surface area (Å²) in [5, 5.41) is 9.50. The van der Waals surface area contributed by atoms with Crippen LogP contribution >= 0.6 is 11.3 Å². The van der Waals surface area contributed by atoms with E-state index in [4.69, 9.17) is 8.83 Å². The fourth-order valence-electron chi connectivity index (χ4n) is 8.70. The molecule has 12 aromatic rings. The van der Waals surface area contributed by atoms with E-state index in [0.29, 0.717) is 0 Å². The van der Waals surface area contributed by atoms with Crippen LogP contribution < -0.4 is 4.90 Å². The Morgan fingerprint density at radius 3 is 1.89 bits per heavy atom. The molecule has 0 saturated carbocycles. The topological polar surface area (TPSA) is 29.5 Å². The molecule has 0 unspecified atom stereocenters. The minimum atomic E-state index is 0.879. The highest BCUT2D eigenvalue weighted by Crippen LogP contribution is 2.47. The van der Waals surface area contributed by atoms with E-state index in [1.54, 1.807) is 0 Å². The van der Waals surface area contributed by atoms with Crippen LogP contribution in [0.15, 0.2) is 197 Å². The molecule has 0 spiro atoms. The summed E-state index contributed by atoms with van der Waals surface area (Å²) >= 11 is 1.86. The monoisotopic (exact) mass is 733 g/mol. The molecule has 12 rings (SSSR count). The van der Waals surface area contributed by atoms with Crippen molar-refractivity contribution < 1.29 is 8.83 Å². The lowest BCUT2D eigenvalue weighted by Crippen LogP contribution is -2.10. The highest BCUT2D eigenvalue weighted by atomic mass is 32.1. The number of fused-ring (bicyclic) bond motifs is 12. The molecule has 0 aliphatic carbocycles. The molecule has 0 aliphatic rings. The normalized spacial score (nSPS) is 11.9. The Kier molecular flexibility index (Phi) is 6.80. The number of rotatable bonds is 5. The smallest absolute Gasteiger partial charge is 0.136 e. The summed E-state index contributed by atoms with van der Waals surface area (Å²) in [7, 11) is 0. The molecule has 0 aliphatic heterocycles. The van der Waals surface area contributed by atoms with Crippen molar-refractivity contribution in [2.24, 2.45) is 0 Å². The second kappa shape index (κ2) is 12.2. The first kappa shape index (κ1) is 31.2. The van der Waals surface area contributed by atoms with Crippen molar-refractivity contribution in [1.29, 1.82) is 0 Å². The summed E-state index contributed by atoms with van der Waals surface area (Å²) in [6.07, 6.45) is 0. The molecule has 0 fully saturated rings. The van der Waals surface area contributed by atoms with Gasteiger partial charge in [-0.1, -0.05) is 121 Å². The van der Waals surface area contributed by atoms with E-state index in [1.165, 1.54) is 58.6 Å². The zero-order valence-corrected chi connectivity index (χ0v) is 30.9. The van der Waals surface area contributed by atoms with E-state index in [-0.39, 0.29) is 0 Å². The molecule has 0 bridgehead atoms. The van der Waals surface area contributed by atoms with Gasteiger partial charge in [-0.2, -0.15) is 0 Å². The molecule has 262 valence electrons. The van der Waals surface area contributed by atoms with Crippen LogP contribution in [0.3, 0.4) is 0 Å². The molecule has 0 atom stereocenters. The highest BCUT2D eigenvalue weighted by Gasteiger charge is 2.20.